The van der Waals surface area contributed by atoms with Crippen LogP contribution in [0, 0.1) is 5.82 Å². The molecule has 1 aliphatic carbocycles. The molecule has 0 radical (unpaired) electrons. The number of nitrogens with zero attached hydrogens (tertiary/aromatic N) is 4. The molecule has 0 spiro atoms. The van der Waals surface area contributed by atoms with Crippen LogP contribution in [0.25, 0.3) is 0 Å². The van der Waals surface area contributed by atoms with Crippen molar-refractivity contribution in [3.8, 4) is 0 Å². The van der Waals surface area contributed by atoms with Gasteiger partial charge in [0.2, 0.25) is 10.0 Å². The maximum absolute atomic E-state index is 15.2. The highest BCUT2D eigenvalue weighted by Crippen LogP contribution is 2.43. The van der Waals surface area contributed by atoms with Crippen LogP contribution in [0.3, 0.4) is 0 Å². The molecule has 2 atom stereocenters. The second-order valence-electron chi connectivity index (χ2n) is 9.90. The standard InChI is InChI=1S/C26H29FN4O2S/c1-29-17-21(14-28-29)34(32,33)31-15-20(16-31)23-13-22-19(11-25(23)27)12-26(30-8-5-9-30)24(22)10-18-6-3-2-4-7-18/h2-4,6-7,11,13-14,17,20,24,26H,5,8-10,12,15-16H2,1H3. The molecule has 3 heterocycles. The number of aryl methyl sites for hydroxylation is 1. The van der Waals surface area contributed by atoms with Crippen LogP contribution in [0.5, 0.6) is 0 Å². The van der Waals surface area contributed by atoms with Gasteiger partial charge in [0.1, 0.15) is 10.7 Å². The van der Waals surface area contributed by atoms with E-state index < -0.39 is 10.0 Å². The van der Waals surface area contributed by atoms with Crippen LogP contribution in [0.1, 0.15) is 40.5 Å². The van der Waals surface area contributed by atoms with Crippen molar-refractivity contribution in [1.82, 2.24) is 19.0 Å². The lowest BCUT2D eigenvalue weighted by molar-refractivity contribution is 0.106. The van der Waals surface area contributed by atoms with E-state index in [0.29, 0.717) is 30.6 Å². The zero-order chi connectivity index (χ0) is 23.4. The van der Waals surface area contributed by atoms with Gasteiger partial charge >= 0.3 is 0 Å². The number of halogens is 1. The van der Waals surface area contributed by atoms with Gasteiger partial charge < -0.3 is 0 Å². The van der Waals surface area contributed by atoms with Crippen LogP contribution in [0.2, 0.25) is 0 Å². The van der Waals surface area contributed by atoms with Gasteiger partial charge in [0.25, 0.3) is 0 Å². The highest BCUT2D eigenvalue weighted by Gasteiger charge is 2.42. The fourth-order valence-corrected chi connectivity index (χ4v) is 7.26. The zero-order valence-corrected chi connectivity index (χ0v) is 20.1. The molecule has 0 bridgehead atoms. The van der Waals surface area contributed by atoms with Crippen molar-refractivity contribution < 1.29 is 12.8 Å². The first-order valence-electron chi connectivity index (χ1n) is 12.0. The second-order valence-corrected chi connectivity index (χ2v) is 11.8. The summed E-state index contributed by atoms with van der Waals surface area (Å²) in [6, 6.07) is 14.7. The average Bonchev–Trinajstić information content (AvgIpc) is 3.31. The van der Waals surface area contributed by atoms with E-state index in [9.17, 15) is 8.42 Å². The minimum Gasteiger partial charge on any atom is -0.299 e. The SMILES string of the molecule is Cn1cc(S(=O)(=O)N2CC(c3cc4c(cc3F)CC(N3CCC3)C4Cc3ccccc3)C2)cn1. The maximum atomic E-state index is 15.2. The third-order valence-corrected chi connectivity index (χ3v) is 9.60. The van der Waals surface area contributed by atoms with Gasteiger partial charge in [-0.05, 0) is 60.7 Å². The maximum Gasteiger partial charge on any atom is 0.246 e. The monoisotopic (exact) mass is 480 g/mol. The molecule has 2 aromatic carbocycles. The molecule has 0 saturated carbocycles. The summed E-state index contributed by atoms with van der Waals surface area (Å²) >= 11 is 0. The molecule has 2 unspecified atom stereocenters. The molecule has 0 amide bonds. The number of hydrogen-bond acceptors (Lipinski definition) is 4. The Hall–Kier alpha value is -2.55. The summed E-state index contributed by atoms with van der Waals surface area (Å²) in [5, 5.41) is 3.98. The number of aromatic nitrogens is 2. The summed E-state index contributed by atoms with van der Waals surface area (Å²) in [6.45, 7) is 2.82. The Morgan fingerprint density at radius 3 is 2.50 bits per heavy atom. The molecule has 3 aliphatic rings. The number of likely N-dealkylation sites (tertiary alicyclic amines) is 1. The van der Waals surface area contributed by atoms with Crippen molar-refractivity contribution in [2.24, 2.45) is 7.05 Å². The Balaban J connectivity index is 1.26. The Morgan fingerprint density at radius 2 is 1.85 bits per heavy atom. The summed E-state index contributed by atoms with van der Waals surface area (Å²) in [7, 11) is -1.90. The van der Waals surface area contributed by atoms with Crippen LogP contribution in [-0.4, -0.2) is 59.6 Å². The van der Waals surface area contributed by atoms with Gasteiger partial charge in [-0.15, -0.1) is 0 Å². The van der Waals surface area contributed by atoms with Crippen LogP contribution < -0.4 is 0 Å². The minimum absolute atomic E-state index is 0.128. The van der Waals surface area contributed by atoms with E-state index in [2.05, 4.69) is 40.3 Å². The molecule has 1 aromatic heterocycles. The van der Waals surface area contributed by atoms with Crippen molar-refractivity contribution in [3.05, 3.63) is 82.9 Å². The van der Waals surface area contributed by atoms with Crippen molar-refractivity contribution in [1.29, 1.82) is 0 Å². The molecular formula is C26H29FN4O2S. The van der Waals surface area contributed by atoms with E-state index in [0.717, 1.165) is 31.5 Å². The molecule has 2 aliphatic heterocycles. The Morgan fingerprint density at radius 1 is 1.09 bits per heavy atom. The fourth-order valence-electron chi connectivity index (χ4n) is 5.74. The Labute approximate surface area is 200 Å². The van der Waals surface area contributed by atoms with Crippen LogP contribution >= 0.6 is 0 Å². The van der Waals surface area contributed by atoms with E-state index in [1.54, 1.807) is 13.1 Å². The van der Waals surface area contributed by atoms with Gasteiger partial charge in [-0.25, -0.2) is 12.8 Å². The van der Waals surface area contributed by atoms with Gasteiger partial charge in [0.05, 0.1) is 6.20 Å². The van der Waals surface area contributed by atoms with Crippen LogP contribution in [0.4, 0.5) is 4.39 Å². The zero-order valence-electron chi connectivity index (χ0n) is 19.3. The Bertz CT molecular complexity index is 1310. The molecule has 2 saturated heterocycles. The van der Waals surface area contributed by atoms with Gasteiger partial charge in [-0.1, -0.05) is 36.4 Å². The van der Waals surface area contributed by atoms with E-state index in [-0.39, 0.29) is 16.6 Å². The van der Waals surface area contributed by atoms with E-state index >= 15 is 4.39 Å². The average molecular weight is 481 g/mol. The number of rotatable bonds is 6. The third kappa shape index (κ3) is 3.68. The van der Waals surface area contributed by atoms with Gasteiger partial charge in [-0.3, -0.25) is 9.58 Å². The first-order chi connectivity index (χ1) is 16.4. The predicted octanol–water partition coefficient (Wildman–Crippen LogP) is 3.30. The second kappa shape index (κ2) is 8.29. The van der Waals surface area contributed by atoms with Gasteiger partial charge in [-0.2, -0.15) is 9.40 Å². The summed E-state index contributed by atoms with van der Waals surface area (Å²) in [4.78, 5) is 2.72. The number of sulfonamides is 1. The molecule has 3 aromatic rings. The number of fused-ring (bicyclic) bond motifs is 1. The molecule has 6 nitrogen and oxygen atoms in total. The van der Waals surface area contributed by atoms with E-state index in [1.807, 2.05) is 6.07 Å². The van der Waals surface area contributed by atoms with Gasteiger partial charge in [0.15, 0.2) is 0 Å². The van der Waals surface area contributed by atoms with E-state index in [4.69, 9.17) is 0 Å². The van der Waals surface area contributed by atoms with Crippen molar-refractivity contribution in [3.63, 3.8) is 0 Å². The molecule has 6 rings (SSSR count). The Kier molecular flexibility index (Phi) is 5.35. The van der Waals surface area contributed by atoms with E-state index in [1.165, 1.54) is 38.9 Å². The summed E-state index contributed by atoms with van der Waals surface area (Å²) < 4.78 is 43.9. The molecular weight excluding hydrogens is 451 g/mol. The third-order valence-electron chi connectivity index (χ3n) is 7.82. The quantitative estimate of drug-likeness (QED) is 0.543. The first-order valence-corrected chi connectivity index (χ1v) is 13.4. The predicted molar refractivity (Wildman–Crippen MR) is 128 cm³/mol. The molecule has 2 fully saturated rings. The number of hydrogen-bond donors (Lipinski definition) is 0. The lowest BCUT2D eigenvalue weighted by atomic mass is 9.85. The lowest BCUT2D eigenvalue weighted by Crippen LogP contribution is -2.48. The normalized spacial score (nSPS) is 23.5. The van der Waals surface area contributed by atoms with Crippen molar-refractivity contribution in [2.75, 3.05) is 26.2 Å². The molecule has 8 heteroatoms. The van der Waals surface area contributed by atoms with Crippen LogP contribution in [-0.2, 0) is 29.9 Å². The smallest absolute Gasteiger partial charge is 0.246 e. The largest absolute Gasteiger partial charge is 0.299 e. The fraction of sp³-hybridized carbons (Fsp3) is 0.423. The molecule has 178 valence electrons. The summed E-state index contributed by atoms with van der Waals surface area (Å²) in [6.07, 6.45) is 5.92. The minimum atomic E-state index is -3.59. The summed E-state index contributed by atoms with van der Waals surface area (Å²) in [5.41, 5.74) is 4.30. The lowest BCUT2D eigenvalue weighted by Gasteiger charge is -2.40. The molecule has 0 N–H and O–H groups in total. The highest BCUT2D eigenvalue weighted by molar-refractivity contribution is 7.89. The topological polar surface area (TPSA) is 58.4 Å². The summed E-state index contributed by atoms with van der Waals surface area (Å²) in [5.74, 6) is -0.00516. The molecule has 34 heavy (non-hydrogen) atoms. The van der Waals surface area contributed by atoms with Crippen molar-refractivity contribution in [2.45, 2.75) is 42.0 Å². The van der Waals surface area contributed by atoms with Crippen molar-refractivity contribution >= 4 is 10.0 Å². The van der Waals surface area contributed by atoms with Crippen LogP contribution in [0.15, 0.2) is 59.8 Å². The first kappa shape index (κ1) is 21.9. The number of benzene rings is 2. The highest BCUT2D eigenvalue weighted by atomic mass is 32.2. The van der Waals surface area contributed by atoms with Gasteiger partial charge in [0, 0.05) is 44.2 Å².